The van der Waals surface area contributed by atoms with Crippen molar-refractivity contribution in [1.82, 2.24) is 5.32 Å². The summed E-state index contributed by atoms with van der Waals surface area (Å²) in [6.07, 6.45) is 4.30. The minimum absolute atomic E-state index is 0.155. The second-order valence-corrected chi connectivity index (χ2v) is 5.77. The third kappa shape index (κ3) is 2.39. The maximum Gasteiger partial charge on any atom is 0.231 e. The number of nitrogens with one attached hydrogen (secondary N) is 1. The molecule has 1 amide bonds. The van der Waals surface area contributed by atoms with Gasteiger partial charge in [0.05, 0.1) is 5.92 Å². The van der Waals surface area contributed by atoms with Crippen molar-refractivity contribution in [1.29, 1.82) is 0 Å². The minimum Gasteiger partial charge on any atom is -0.316 e. The molecule has 2 atom stereocenters. The molecule has 1 aromatic rings. The minimum atomic E-state index is 0.155. The van der Waals surface area contributed by atoms with Gasteiger partial charge < -0.3 is 10.2 Å². The third-order valence-electron chi connectivity index (χ3n) is 4.41. The van der Waals surface area contributed by atoms with Gasteiger partial charge in [-0.1, -0.05) is 18.2 Å². The second-order valence-electron chi connectivity index (χ2n) is 5.77. The number of anilines is 1. The van der Waals surface area contributed by atoms with Gasteiger partial charge in [-0.3, -0.25) is 4.79 Å². The van der Waals surface area contributed by atoms with Crippen LogP contribution >= 0.6 is 0 Å². The quantitative estimate of drug-likeness (QED) is 0.838. The van der Waals surface area contributed by atoms with Crippen molar-refractivity contribution in [2.75, 3.05) is 18.0 Å². The summed E-state index contributed by atoms with van der Waals surface area (Å²) in [5, 5.41) is 3.35. The molecule has 0 saturated carbocycles. The Bertz CT molecular complexity index is 466. The van der Waals surface area contributed by atoms with Crippen molar-refractivity contribution in [3.63, 3.8) is 0 Å². The first-order chi connectivity index (χ1) is 9.27. The summed E-state index contributed by atoms with van der Waals surface area (Å²) in [6, 6.07) is 8.68. The van der Waals surface area contributed by atoms with Crippen LogP contribution in [-0.2, 0) is 11.2 Å². The molecule has 2 aliphatic rings. The van der Waals surface area contributed by atoms with Gasteiger partial charge in [0, 0.05) is 18.3 Å². The number of hydrogen-bond donors (Lipinski definition) is 1. The van der Waals surface area contributed by atoms with Crippen molar-refractivity contribution < 1.29 is 4.79 Å². The van der Waals surface area contributed by atoms with E-state index in [0.29, 0.717) is 11.9 Å². The van der Waals surface area contributed by atoms with Crippen molar-refractivity contribution in [2.24, 2.45) is 5.92 Å². The number of fused-ring (bicyclic) bond motifs is 1. The summed E-state index contributed by atoms with van der Waals surface area (Å²) in [5.74, 6) is 0.467. The predicted octanol–water partition coefficient (Wildman–Crippen LogP) is 2.35. The fourth-order valence-corrected chi connectivity index (χ4v) is 3.28. The van der Waals surface area contributed by atoms with E-state index in [0.717, 1.165) is 44.5 Å². The second kappa shape index (κ2) is 5.33. The molecular formula is C16H22N2O. The first-order valence-corrected chi connectivity index (χ1v) is 7.39. The maximum atomic E-state index is 12.8. The van der Waals surface area contributed by atoms with E-state index < -0.39 is 0 Å². The van der Waals surface area contributed by atoms with Gasteiger partial charge in [0.2, 0.25) is 5.91 Å². The topological polar surface area (TPSA) is 32.3 Å². The molecule has 3 nitrogen and oxygen atoms in total. The first kappa shape index (κ1) is 12.7. The van der Waals surface area contributed by atoms with E-state index in [4.69, 9.17) is 0 Å². The molecule has 0 spiro atoms. The van der Waals surface area contributed by atoms with Crippen molar-refractivity contribution in [3.8, 4) is 0 Å². The molecule has 1 fully saturated rings. The van der Waals surface area contributed by atoms with Gasteiger partial charge in [-0.2, -0.15) is 0 Å². The Kier molecular flexibility index (Phi) is 3.56. The molecule has 19 heavy (non-hydrogen) atoms. The zero-order valence-electron chi connectivity index (χ0n) is 11.6. The van der Waals surface area contributed by atoms with Gasteiger partial charge in [0.15, 0.2) is 0 Å². The first-order valence-electron chi connectivity index (χ1n) is 7.39. The molecule has 1 N–H and O–H groups in total. The molecule has 1 aromatic carbocycles. The summed E-state index contributed by atoms with van der Waals surface area (Å²) in [4.78, 5) is 14.9. The monoisotopic (exact) mass is 258 g/mol. The SMILES string of the molecule is CC1CCc2ccccc2N1C(=O)[C@@H]1CCCNC1. The largest absolute Gasteiger partial charge is 0.316 e. The average molecular weight is 258 g/mol. The molecule has 0 aliphatic carbocycles. The van der Waals surface area contributed by atoms with Crippen LogP contribution in [0.2, 0.25) is 0 Å². The van der Waals surface area contributed by atoms with E-state index in [2.05, 4.69) is 35.3 Å². The molecule has 3 heteroatoms. The number of para-hydroxylation sites is 1. The average Bonchev–Trinajstić information content (AvgIpc) is 2.47. The number of aryl methyl sites for hydroxylation is 1. The Labute approximate surface area is 115 Å². The number of nitrogens with zero attached hydrogens (tertiary/aromatic N) is 1. The number of carbonyl (C=O) groups is 1. The van der Waals surface area contributed by atoms with Crippen molar-refractivity contribution >= 4 is 11.6 Å². The van der Waals surface area contributed by atoms with Gasteiger partial charge in [0.25, 0.3) is 0 Å². The van der Waals surface area contributed by atoms with E-state index in [-0.39, 0.29) is 5.92 Å². The van der Waals surface area contributed by atoms with Crippen LogP contribution in [-0.4, -0.2) is 25.0 Å². The van der Waals surface area contributed by atoms with Gasteiger partial charge in [-0.25, -0.2) is 0 Å². The highest BCUT2D eigenvalue weighted by Crippen LogP contribution is 2.32. The number of piperidine rings is 1. The van der Waals surface area contributed by atoms with E-state index in [1.807, 2.05) is 6.07 Å². The van der Waals surface area contributed by atoms with E-state index in [1.54, 1.807) is 0 Å². The summed E-state index contributed by atoms with van der Waals surface area (Å²) in [7, 11) is 0. The lowest BCUT2D eigenvalue weighted by molar-refractivity contribution is -0.123. The molecule has 0 aromatic heterocycles. The third-order valence-corrected chi connectivity index (χ3v) is 4.41. The number of carbonyl (C=O) groups excluding carboxylic acids is 1. The van der Waals surface area contributed by atoms with Crippen LogP contribution in [0.4, 0.5) is 5.69 Å². The Morgan fingerprint density at radius 3 is 2.95 bits per heavy atom. The molecular weight excluding hydrogens is 236 g/mol. The number of rotatable bonds is 1. The Balaban J connectivity index is 1.88. The van der Waals surface area contributed by atoms with Crippen molar-refractivity contribution in [3.05, 3.63) is 29.8 Å². The lowest BCUT2D eigenvalue weighted by atomic mass is 9.92. The number of amides is 1. The lowest BCUT2D eigenvalue weighted by Gasteiger charge is -2.38. The highest BCUT2D eigenvalue weighted by Gasteiger charge is 2.32. The van der Waals surface area contributed by atoms with Crippen LogP contribution in [0.5, 0.6) is 0 Å². The smallest absolute Gasteiger partial charge is 0.231 e. The Hall–Kier alpha value is -1.35. The predicted molar refractivity (Wildman–Crippen MR) is 77.3 cm³/mol. The highest BCUT2D eigenvalue weighted by molar-refractivity contribution is 5.97. The van der Waals surface area contributed by atoms with Crippen LogP contribution in [0.25, 0.3) is 0 Å². The fraction of sp³-hybridized carbons (Fsp3) is 0.562. The molecule has 2 aliphatic heterocycles. The molecule has 102 valence electrons. The molecule has 0 bridgehead atoms. The van der Waals surface area contributed by atoms with Gasteiger partial charge >= 0.3 is 0 Å². The summed E-state index contributed by atoms with van der Waals surface area (Å²) >= 11 is 0. The fourth-order valence-electron chi connectivity index (χ4n) is 3.28. The maximum absolute atomic E-state index is 12.8. The normalized spacial score (nSPS) is 26.9. The van der Waals surface area contributed by atoms with Crippen LogP contribution in [0.1, 0.15) is 31.7 Å². The number of benzene rings is 1. The zero-order chi connectivity index (χ0) is 13.2. The van der Waals surface area contributed by atoms with Gasteiger partial charge in [-0.15, -0.1) is 0 Å². The number of hydrogen-bond acceptors (Lipinski definition) is 2. The van der Waals surface area contributed by atoms with Crippen LogP contribution in [0.3, 0.4) is 0 Å². The zero-order valence-corrected chi connectivity index (χ0v) is 11.6. The Morgan fingerprint density at radius 2 is 2.16 bits per heavy atom. The summed E-state index contributed by atoms with van der Waals surface area (Å²) in [5.41, 5.74) is 2.45. The highest BCUT2D eigenvalue weighted by atomic mass is 16.2. The molecule has 1 saturated heterocycles. The molecule has 1 unspecified atom stereocenters. The van der Waals surface area contributed by atoms with Gasteiger partial charge in [-0.05, 0) is 50.8 Å². The molecule has 0 radical (unpaired) electrons. The van der Waals surface area contributed by atoms with E-state index >= 15 is 0 Å². The Morgan fingerprint density at radius 1 is 1.32 bits per heavy atom. The summed E-state index contributed by atoms with van der Waals surface area (Å²) < 4.78 is 0. The lowest BCUT2D eigenvalue weighted by Crippen LogP contribution is -2.48. The van der Waals surface area contributed by atoms with Crippen molar-refractivity contribution in [2.45, 2.75) is 38.6 Å². The van der Waals surface area contributed by atoms with Gasteiger partial charge in [0.1, 0.15) is 0 Å². The van der Waals surface area contributed by atoms with E-state index in [9.17, 15) is 4.79 Å². The molecule has 3 rings (SSSR count). The van der Waals surface area contributed by atoms with E-state index in [1.165, 1.54) is 5.56 Å². The summed E-state index contributed by atoms with van der Waals surface area (Å²) in [6.45, 7) is 4.06. The van der Waals surface area contributed by atoms with Crippen LogP contribution in [0, 0.1) is 5.92 Å². The van der Waals surface area contributed by atoms with Crippen LogP contribution in [0.15, 0.2) is 24.3 Å². The standard InChI is InChI=1S/C16H22N2O/c1-12-8-9-13-5-2-3-7-15(13)18(12)16(19)14-6-4-10-17-11-14/h2-3,5,7,12,14,17H,4,6,8-11H2,1H3/t12?,14-/m1/s1. The van der Waals surface area contributed by atoms with Crippen LogP contribution < -0.4 is 10.2 Å². The molecule has 2 heterocycles.